The number of hydrogen-bond donors (Lipinski definition) is 2. The number of benzene rings is 2. The quantitative estimate of drug-likeness (QED) is 0.220. The molecule has 3 heterocycles. The third-order valence-electron chi connectivity index (χ3n) is 6.11. The van der Waals surface area contributed by atoms with Crippen molar-refractivity contribution in [1.82, 2.24) is 15.0 Å². The van der Waals surface area contributed by atoms with Crippen molar-refractivity contribution in [3.63, 3.8) is 0 Å². The molecule has 0 amide bonds. The average Bonchev–Trinajstić information content (AvgIpc) is 2.95. The molecule has 2 aromatic carbocycles. The highest BCUT2D eigenvalue weighted by Crippen LogP contribution is 2.30. The Morgan fingerprint density at radius 3 is 2.34 bits per heavy atom. The van der Waals surface area contributed by atoms with Crippen molar-refractivity contribution in [3.8, 4) is 5.75 Å². The molecule has 0 bridgehead atoms. The first-order valence-electron chi connectivity index (χ1n) is 12.4. The first-order chi connectivity index (χ1) is 18.5. The van der Waals surface area contributed by atoms with E-state index in [0.717, 1.165) is 25.9 Å². The third kappa shape index (κ3) is 6.66. The van der Waals surface area contributed by atoms with Crippen molar-refractivity contribution in [2.24, 2.45) is 15.3 Å². The number of phenols is 1. The molecule has 0 saturated carbocycles. The fraction of sp³-hybridized carbons (Fsp3) is 0.360. The molecule has 198 valence electrons. The molecule has 5 rings (SSSR count). The molecule has 2 aliphatic rings. The van der Waals surface area contributed by atoms with E-state index >= 15 is 0 Å². The molecular weight excluding hydrogens is 529 g/mol. The van der Waals surface area contributed by atoms with E-state index in [9.17, 15) is 5.11 Å². The first-order valence-corrected chi connectivity index (χ1v) is 13.1. The van der Waals surface area contributed by atoms with Crippen LogP contribution in [0.15, 0.2) is 51.7 Å². The van der Waals surface area contributed by atoms with Crippen molar-refractivity contribution < 1.29 is 9.84 Å². The third-order valence-corrected chi connectivity index (χ3v) is 6.64. The maximum atomic E-state index is 10.3. The van der Waals surface area contributed by atoms with Crippen molar-refractivity contribution in [2.45, 2.75) is 19.3 Å². The molecule has 0 spiro atoms. The molecule has 38 heavy (non-hydrogen) atoms. The lowest BCUT2D eigenvalue weighted by molar-refractivity contribution is 0.122. The smallest absolute Gasteiger partial charge is 0.250 e. The van der Waals surface area contributed by atoms with Gasteiger partial charge in [-0.3, -0.25) is 0 Å². The molecular formula is C25H27Cl2N9O2. The number of piperidine rings is 1. The Labute approximate surface area is 230 Å². The van der Waals surface area contributed by atoms with Crippen molar-refractivity contribution >= 4 is 58.6 Å². The van der Waals surface area contributed by atoms with Gasteiger partial charge in [0.25, 0.3) is 0 Å². The Morgan fingerprint density at radius 2 is 1.61 bits per heavy atom. The van der Waals surface area contributed by atoms with Crippen molar-refractivity contribution in [3.05, 3.63) is 52.0 Å². The van der Waals surface area contributed by atoms with Gasteiger partial charge in [0.05, 0.1) is 30.1 Å². The summed E-state index contributed by atoms with van der Waals surface area (Å²) in [6.07, 6.45) is 4.90. The maximum Gasteiger partial charge on any atom is 0.250 e. The number of morpholine rings is 1. The molecule has 1 aromatic heterocycles. The van der Waals surface area contributed by atoms with Gasteiger partial charge in [0.15, 0.2) is 0 Å². The van der Waals surface area contributed by atoms with Gasteiger partial charge < -0.3 is 19.6 Å². The van der Waals surface area contributed by atoms with Gasteiger partial charge in [-0.1, -0.05) is 23.2 Å². The zero-order valence-corrected chi connectivity index (χ0v) is 22.1. The number of nitrogens with zero attached hydrogens (tertiary/aromatic N) is 8. The number of anilines is 3. The average molecular weight is 556 g/mol. The Morgan fingerprint density at radius 1 is 0.868 bits per heavy atom. The number of nitrogens with one attached hydrogen (secondary N) is 1. The number of hydrazone groups is 1. The minimum absolute atomic E-state index is 0.0395. The zero-order chi connectivity index (χ0) is 26.3. The van der Waals surface area contributed by atoms with Crippen LogP contribution in [0.25, 0.3) is 0 Å². The highest BCUT2D eigenvalue weighted by molar-refractivity contribution is 6.36. The molecule has 2 saturated heterocycles. The van der Waals surface area contributed by atoms with E-state index in [1.165, 1.54) is 18.7 Å². The van der Waals surface area contributed by atoms with Gasteiger partial charge in [-0.15, -0.1) is 5.11 Å². The minimum atomic E-state index is 0.0395. The second kappa shape index (κ2) is 12.3. The molecule has 0 aliphatic carbocycles. The largest absolute Gasteiger partial charge is 0.507 e. The number of ether oxygens (including phenoxy) is 1. The summed E-state index contributed by atoms with van der Waals surface area (Å²) >= 11 is 12.1. The van der Waals surface area contributed by atoms with E-state index in [1.807, 2.05) is 0 Å². The Hall–Kier alpha value is -3.54. The first kappa shape index (κ1) is 26.1. The van der Waals surface area contributed by atoms with Gasteiger partial charge in [-0.25, -0.2) is 5.43 Å². The van der Waals surface area contributed by atoms with Gasteiger partial charge in [-0.2, -0.15) is 25.2 Å². The van der Waals surface area contributed by atoms with E-state index in [0.29, 0.717) is 71.1 Å². The summed E-state index contributed by atoms with van der Waals surface area (Å²) in [5, 5.41) is 23.9. The van der Waals surface area contributed by atoms with Crippen LogP contribution in [-0.4, -0.2) is 65.7 Å². The van der Waals surface area contributed by atoms with Gasteiger partial charge in [0.2, 0.25) is 17.8 Å². The Balaban J connectivity index is 1.34. The van der Waals surface area contributed by atoms with E-state index < -0.39 is 0 Å². The molecule has 0 unspecified atom stereocenters. The summed E-state index contributed by atoms with van der Waals surface area (Å²) in [4.78, 5) is 18.2. The van der Waals surface area contributed by atoms with E-state index in [1.54, 1.807) is 30.3 Å². The van der Waals surface area contributed by atoms with Gasteiger partial charge in [0.1, 0.15) is 11.4 Å². The summed E-state index contributed by atoms with van der Waals surface area (Å²) in [7, 11) is 0. The van der Waals surface area contributed by atoms with Crippen LogP contribution >= 0.6 is 23.2 Å². The molecule has 0 atom stereocenters. The van der Waals surface area contributed by atoms with Crippen LogP contribution in [0.5, 0.6) is 5.75 Å². The van der Waals surface area contributed by atoms with Gasteiger partial charge >= 0.3 is 0 Å². The summed E-state index contributed by atoms with van der Waals surface area (Å²) in [5.74, 6) is 1.58. The lowest BCUT2D eigenvalue weighted by Crippen LogP contribution is -2.38. The minimum Gasteiger partial charge on any atom is -0.507 e. The summed E-state index contributed by atoms with van der Waals surface area (Å²) in [5.41, 5.74) is 4.33. The Bertz CT molecular complexity index is 1290. The second-order valence-electron chi connectivity index (χ2n) is 8.82. The number of hydrogen-bond acceptors (Lipinski definition) is 11. The topological polar surface area (TPSA) is 124 Å². The number of phenolic OH excluding ortho intramolecular Hbond substituents is 1. The van der Waals surface area contributed by atoms with Crippen LogP contribution in [0.3, 0.4) is 0 Å². The second-order valence-corrected chi connectivity index (χ2v) is 9.66. The van der Waals surface area contributed by atoms with Crippen LogP contribution in [0.1, 0.15) is 24.8 Å². The lowest BCUT2D eigenvalue weighted by atomic mass is 10.1. The van der Waals surface area contributed by atoms with Crippen LogP contribution in [-0.2, 0) is 4.74 Å². The number of rotatable bonds is 7. The standard InChI is InChI=1S/C25H27Cl2N9O2/c26-18-4-6-21(20(27)15-18)33-32-19-5-7-22(37)17(14-19)16-28-34-23-29-24(35-8-2-1-3-9-35)31-25(30-23)36-10-12-38-13-11-36/h4-7,14-16,37H,1-3,8-13H2,(H,29,30,31,34)/b28-16-,33-32?. The normalized spacial score (nSPS) is 16.5. The fourth-order valence-corrected chi connectivity index (χ4v) is 4.53. The van der Waals surface area contributed by atoms with Crippen molar-refractivity contribution in [1.29, 1.82) is 0 Å². The molecule has 2 fully saturated rings. The number of aromatic hydroxyl groups is 1. The van der Waals surface area contributed by atoms with Crippen LogP contribution < -0.4 is 15.2 Å². The highest BCUT2D eigenvalue weighted by atomic mass is 35.5. The van der Waals surface area contributed by atoms with Crippen molar-refractivity contribution in [2.75, 3.05) is 54.6 Å². The van der Waals surface area contributed by atoms with Crippen LogP contribution in [0.2, 0.25) is 10.0 Å². The molecule has 13 heteroatoms. The summed E-state index contributed by atoms with van der Waals surface area (Å²) in [6, 6.07) is 9.77. The van der Waals surface area contributed by atoms with E-state index in [-0.39, 0.29) is 5.75 Å². The SMILES string of the molecule is Oc1ccc(N=Nc2ccc(Cl)cc2Cl)cc1/C=N\Nc1nc(N2CCCCC2)nc(N2CCOCC2)n1. The lowest BCUT2D eigenvalue weighted by Gasteiger charge is -2.30. The molecule has 11 nitrogen and oxygen atoms in total. The van der Waals surface area contributed by atoms with Gasteiger partial charge in [0, 0.05) is 36.8 Å². The van der Waals surface area contributed by atoms with E-state index in [4.69, 9.17) is 32.9 Å². The van der Waals surface area contributed by atoms with E-state index in [2.05, 4.69) is 40.5 Å². The van der Waals surface area contributed by atoms with Crippen LogP contribution in [0, 0.1) is 0 Å². The predicted molar refractivity (Wildman–Crippen MR) is 149 cm³/mol. The maximum absolute atomic E-state index is 10.3. The molecule has 2 aliphatic heterocycles. The Kier molecular flexibility index (Phi) is 8.47. The monoisotopic (exact) mass is 555 g/mol. The zero-order valence-electron chi connectivity index (χ0n) is 20.6. The van der Waals surface area contributed by atoms with Crippen LogP contribution in [0.4, 0.5) is 29.2 Å². The molecule has 0 radical (unpaired) electrons. The highest BCUT2D eigenvalue weighted by Gasteiger charge is 2.20. The summed E-state index contributed by atoms with van der Waals surface area (Å²) in [6.45, 7) is 4.49. The fourth-order valence-electron chi connectivity index (χ4n) is 4.09. The molecule has 3 aromatic rings. The number of azo groups is 1. The number of aromatic nitrogens is 3. The molecule has 2 N–H and O–H groups in total. The van der Waals surface area contributed by atoms with Gasteiger partial charge in [-0.05, 0) is 55.7 Å². The summed E-state index contributed by atoms with van der Waals surface area (Å²) < 4.78 is 5.47. The number of halogens is 2. The predicted octanol–water partition coefficient (Wildman–Crippen LogP) is 5.57.